The lowest BCUT2D eigenvalue weighted by Gasteiger charge is -2.16. The Morgan fingerprint density at radius 1 is 1.32 bits per heavy atom. The third-order valence-corrected chi connectivity index (χ3v) is 2.56. The molecule has 19 heavy (non-hydrogen) atoms. The van der Waals surface area contributed by atoms with E-state index in [4.69, 9.17) is 9.47 Å². The van der Waals surface area contributed by atoms with Gasteiger partial charge in [0, 0.05) is 12.4 Å². The standard InChI is InChI=1S/C13H20N2O4/c1-3-5-8-19-12(16)9-11(13(17)18-4-2)15-7-6-14-10-15/h6-7,10-11H,3-5,8-9H2,1-2H3. The average Bonchev–Trinajstić information content (AvgIpc) is 2.90. The zero-order valence-electron chi connectivity index (χ0n) is 11.4. The quantitative estimate of drug-likeness (QED) is 0.530. The molecule has 0 amide bonds. The molecule has 1 aromatic rings. The van der Waals surface area contributed by atoms with E-state index in [1.807, 2.05) is 6.92 Å². The predicted octanol–water partition coefficient (Wildman–Crippen LogP) is 1.72. The lowest BCUT2D eigenvalue weighted by atomic mass is 10.2. The second-order valence-corrected chi connectivity index (χ2v) is 4.06. The summed E-state index contributed by atoms with van der Waals surface area (Å²) in [4.78, 5) is 27.4. The molecule has 0 aliphatic carbocycles. The first-order chi connectivity index (χ1) is 9.19. The summed E-state index contributed by atoms with van der Waals surface area (Å²) in [5.41, 5.74) is 0. The van der Waals surface area contributed by atoms with Gasteiger partial charge in [0.25, 0.3) is 0 Å². The maximum absolute atomic E-state index is 11.8. The van der Waals surface area contributed by atoms with E-state index >= 15 is 0 Å². The summed E-state index contributed by atoms with van der Waals surface area (Å²) in [7, 11) is 0. The van der Waals surface area contributed by atoms with Crippen LogP contribution >= 0.6 is 0 Å². The Labute approximate surface area is 112 Å². The van der Waals surface area contributed by atoms with Crippen LogP contribution in [0.2, 0.25) is 0 Å². The van der Waals surface area contributed by atoms with Crippen LogP contribution in [0, 0.1) is 0 Å². The fraction of sp³-hybridized carbons (Fsp3) is 0.615. The molecule has 1 heterocycles. The van der Waals surface area contributed by atoms with Gasteiger partial charge in [-0.25, -0.2) is 9.78 Å². The third-order valence-electron chi connectivity index (χ3n) is 2.56. The predicted molar refractivity (Wildman–Crippen MR) is 68.4 cm³/mol. The summed E-state index contributed by atoms with van der Waals surface area (Å²) in [6.45, 7) is 4.40. The first-order valence-corrected chi connectivity index (χ1v) is 6.48. The van der Waals surface area contributed by atoms with Gasteiger partial charge in [-0.15, -0.1) is 0 Å². The molecular formula is C13H20N2O4. The van der Waals surface area contributed by atoms with Gasteiger partial charge >= 0.3 is 11.9 Å². The van der Waals surface area contributed by atoms with Crippen LogP contribution in [0.5, 0.6) is 0 Å². The van der Waals surface area contributed by atoms with Crippen LogP contribution in [0.15, 0.2) is 18.7 Å². The van der Waals surface area contributed by atoms with Crippen LogP contribution in [0.25, 0.3) is 0 Å². The summed E-state index contributed by atoms with van der Waals surface area (Å²) in [6.07, 6.45) is 6.40. The van der Waals surface area contributed by atoms with Gasteiger partial charge < -0.3 is 14.0 Å². The number of hydrogen-bond donors (Lipinski definition) is 0. The van der Waals surface area contributed by atoms with Crippen LogP contribution in [0.4, 0.5) is 0 Å². The molecule has 0 N–H and O–H groups in total. The SMILES string of the molecule is CCCCOC(=O)CC(C(=O)OCC)n1ccnc1. The van der Waals surface area contributed by atoms with Gasteiger partial charge in [-0.05, 0) is 13.3 Å². The molecule has 0 saturated carbocycles. The Morgan fingerprint density at radius 3 is 2.68 bits per heavy atom. The van der Waals surface area contributed by atoms with Crippen molar-refractivity contribution in [1.82, 2.24) is 9.55 Å². The number of unbranched alkanes of at least 4 members (excludes halogenated alkanes) is 1. The highest BCUT2D eigenvalue weighted by atomic mass is 16.5. The summed E-state index contributed by atoms with van der Waals surface area (Å²) >= 11 is 0. The first kappa shape index (κ1) is 15.2. The van der Waals surface area contributed by atoms with Gasteiger partial charge in [-0.1, -0.05) is 13.3 Å². The molecule has 0 bridgehead atoms. The molecule has 6 heteroatoms. The average molecular weight is 268 g/mol. The van der Waals surface area contributed by atoms with Gasteiger partial charge in [0.15, 0.2) is 0 Å². The van der Waals surface area contributed by atoms with Gasteiger partial charge in [-0.2, -0.15) is 0 Å². The summed E-state index contributed by atoms with van der Waals surface area (Å²) in [6, 6.07) is -0.712. The smallest absolute Gasteiger partial charge is 0.329 e. The van der Waals surface area contributed by atoms with Crippen LogP contribution in [0.3, 0.4) is 0 Å². The van der Waals surface area contributed by atoms with Crippen molar-refractivity contribution in [3.63, 3.8) is 0 Å². The molecule has 0 aliphatic rings. The molecule has 0 aromatic carbocycles. The molecule has 106 valence electrons. The highest BCUT2D eigenvalue weighted by molar-refractivity contribution is 5.81. The number of rotatable bonds is 8. The molecular weight excluding hydrogens is 248 g/mol. The number of nitrogens with zero attached hydrogens (tertiary/aromatic N) is 2. The van der Waals surface area contributed by atoms with E-state index in [0.29, 0.717) is 6.61 Å². The second kappa shape index (κ2) is 8.29. The topological polar surface area (TPSA) is 70.4 Å². The van der Waals surface area contributed by atoms with Crippen molar-refractivity contribution in [3.05, 3.63) is 18.7 Å². The van der Waals surface area contributed by atoms with Crippen LogP contribution in [-0.2, 0) is 19.1 Å². The molecule has 0 saturated heterocycles. The molecule has 1 unspecified atom stereocenters. The van der Waals surface area contributed by atoms with E-state index in [1.165, 1.54) is 6.33 Å². The largest absolute Gasteiger partial charge is 0.466 e. The van der Waals surface area contributed by atoms with Crippen molar-refractivity contribution in [3.8, 4) is 0 Å². The van der Waals surface area contributed by atoms with Crippen molar-refractivity contribution in [2.24, 2.45) is 0 Å². The molecule has 1 atom stereocenters. The summed E-state index contributed by atoms with van der Waals surface area (Å²) in [5, 5.41) is 0. The number of carbonyl (C=O) groups is 2. The Morgan fingerprint density at radius 2 is 2.11 bits per heavy atom. The van der Waals surface area contributed by atoms with Crippen molar-refractivity contribution in [2.75, 3.05) is 13.2 Å². The fourth-order valence-corrected chi connectivity index (χ4v) is 1.55. The number of imidazole rings is 1. The van der Waals surface area contributed by atoms with Crippen molar-refractivity contribution in [2.45, 2.75) is 39.2 Å². The van der Waals surface area contributed by atoms with E-state index in [2.05, 4.69) is 4.98 Å². The van der Waals surface area contributed by atoms with E-state index in [9.17, 15) is 9.59 Å². The maximum Gasteiger partial charge on any atom is 0.329 e. The van der Waals surface area contributed by atoms with E-state index in [0.717, 1.165) is 12.8 Å². The lowest BCUT2D eigenvalue weighted by Crippen LogP contribution is -2.25. The normalized spacial score (nSPS) is 11.9. The maximum atomic E-state index is 11.8. The number of ether oxygens (including phenoxy) is 2. The number of aromatic nitrogens is 2. The minimum absolute atomic E-state index is 0.0428. The van der Waals surface area contributed by atoms with E-state index < -0.39 is 18.0 Å². The molecule has 0 fully saturated rings. The number of carbonyl (C=O) groups excluding carboxylic acids is 2. The van der Waals surface area contributed by atoms with Gasteiger partial charge in [0.1, 0.15) is 6.04 Å². The minimum atomic E-state index is -0.712. The molecule has 0 radical (unpaired) electrons. The van der Waals surface area contributed by atoms with Crippen molar-refractivity contribution < 1.29 is 19.1 Å². The molecule has 0 spiro atoms. The van der Waals surface area contributed by atoms with Crippen LogP contribution < -0.4 is 0 Å². The molecule has 0 aliphatic heterocycles. The Kier molecular flexibility index (Phi) is 6.63. The Balaban J connectivity index is 2.59. The lowest BCUT2D eigenvalue weighted by molar-refractivity contribution is -0.154. The number of esters is 2. The highest BCUT2D eigenvalue weighted by Crippen LogP contribution is 2.14. The van der Waals surface area contributed by atoms with Crippen LogP contribution in [0.1, 0.15) is 39.2 Å². The molecule has 1 aromatic heterocycles. The zero-order valence-corrected chi connectivity index (χ0v) is 11.4. The fourth-order valence-electron chi connectivity index (χ4n) is 1.55. The van der Waals surface area contributed by atoms with Gasteiger partial charge in [0.2, 0.25) is 0 Å². The van der Waals surface area contributed by atoms with E-state index in [-0.39, 0.29) is 13.0 Å². The van der Waals surface area contributed by atoms with Crippen molar-refractivity contribution >= 4 is 11.9 Å². The molecule has 6 nitrogen and oxygen atoms in total. The summed E-state index contributed by atoms with van der Waals surface area (Å²) in [5.74, 6) is -0.854. The van der Waals surface area contributed by atoms with E-state index in [1.54, 1.807) is 23.9 Å². The monoisotopic (exact) mass is 268 g/mol. The first-order valence-electron chi connectivity index (χ1n) is 6.48. The van der Waals surface area contributed by atoms with Gasteiger partial charge in [0.05, 0.1) is 26.0 Å². The molecule has 1 rings (SSSR count). The Hall–Kier alpha value is -1.85. The highest BCUT2D eigenvalue weighted by Gasteiger charge is 2.25. The Bertz CT molecular complexity index is 389. The zero-order chi connectivity index (χ0) is 14.1. The second-order valence-electron chi connectivity index (χ2n) is 4.06. The van der Waals surface area contributed by atoms with Crippen LogP contribution in [-0.4, -0.2) is 34.7 Å². The number of hydrogen-bond acceptors (Lipinski definition) is 5. The van der Waals surface area contributed by atoms with Crippen molar-refractivity contribution in [1.29, 1.82) is 0 Å². The third kappa shape index (κ3) is 5.11. The minimum Gasteiger partial charge on any atom is -0.466 e. The summed E-state index contributed by atoms with van der Waals surface area (Å²) < 4.78 is 11.6. The van der Waals surface area contributed by atoms with Gasteiger partial charge in [-0.3, -0.25) is 4.79 Å².